The highest BCUT2D eigenvalue weighted by Crippen LogP contribution is 2.17. The number of nitrogens with one attached hydrogen (secondary N) is 2. The molecule has 2 atom stereocenters. The lowest BCUT2D eigenvalue weighted by molar-refractivity contribution is -0.142. The Morgan fingerprint density at radius 1 is 1.29 bits per heavy atom. The van der Waals surface area contributed by atoms with Gasteiger partial charge < -0.3 is 15.7 Å². The van der Waals surface area contributed by atoms with E-state index < -0.39 is 17.9 Å². The Kier molecular flexibility index (Phi) is 6.91. The number of hydrogen-bond donors (Lipinski definition) is 3. The van der Waals surface area contributed by atoms with E-state index in [1.807, 2.05) is 26.0 Å². The third kappa shape index (κ3) is 6.42. The molecular weight excluding hydrogens is 272 g/mol. The van der Waals surface area contributed by atoms with Gasteiger partial charge in [0.05, 0.1) is 6.54 Å². The standard InChI is InChI=1S/C15H24N2O4/c1-10(2)8-12(15(20)21)17-13(18)9-16-14(19)11-6-4-3-5-7-11/h3-4,10-12H,5-9H2,1-2H3,(H,16,19)(H,17,18)(H,20,21)/t11?,12-/m0/s1. The minimum absolute atomic E-state index is 0.0891. The van der Waals surface area contributed by atoms with Gasteiger partial charge in [-0.05, 0) is 31.6 Å². The molecule has 0 bridgehead atoms. The van der Waals surface area contributed by atoms with E-state index in [9.17, 15) is 14.4 Å². The van der Waals surface area contributed by atoms with Crippen molar-refractivity contribution in [2.24, 2.45) is 11.8 Å². The smallest absolute Gasteiger partial charge is 0.326 e. The number of allylic oxidation sites excluding steroid dienone is 2. The van der Waals surface area contributed by atoms with Crippen LogP contribution >= 0.6 is 0 Å². The SMILES string of the molecule is CC(C)C[C@H](NC(=O)CNC(=O)C1CC=CCC1)C(=O)O. The summed E-state index contributed by atoms with van der Waals surface area (Å²) >= 11 is 0. The van der Waals surface area contributed by atoms with Gasteiger partial charge in [-0.15, -0.1) is 0 Å². The van der Waals surface area contributed by atoms with Gasteiger partial charge in [-0.2, -0.15) is 0 Å². The molecule has 1 aliphatic carbocycles. The lowest BCUT2D eigenvalue weighted by atomic mass is 9.94. The highest BCUT2D eigenvalue weighted by molar-refractivity contribution is 5.88. The Morgan fingerprint density at radius 2 is 2.00 bits per heavy atom. The molecule has 0 saturated carbocycles. The lowest BCUT2D eigenvalue weighted by Crippen LogP contribution is -2.46. The molecule has 0 heterocycles. The first kappa shape index (κ1) is 17.2. The van der Waals surface area contributed by atoms with E-state index in [1.54, 1.807) is 0 Å². The van der Waals surface area contributed by atoms with Crippen molar-refractivity contribution >= 4 is 17.8 Å². The number of aliphatic carboxylic acids is 1. The van der Waals surface area contributed by atoms with Crippen LogP contribution in [0.2, 0.25) is 0 Å². The minimum Gasteiger partial charge on any atom is -0.480 e. The average Bonchev–Trinajstić information content (AvgIpc) is 2.44. The van der Waals surface area contributed by atoms with Crippen molar-refractivity contribution in [2.45, 2.75) is 45.6 Å². The molecule has 0 radical (unpaired) electrons. The predicted molar refractivity (Wildman–Crippen MR) is 78.5 cm³/mol. The van der Waals surface area contributed by atoms with Crippen LogP contribution in [0.15, 0.2) is 12.2 Å². The Morgan fingerprint density at radius 3 is 2.52 bits per heavy atom. The van der Waals surface area contributed by atoms with Crippen LogP contribution in [0.3, 0.4) is 0 Å². The zero-order valence-corrected chi connectivity index (χ0v) is 12.6. The molecule has 1 rings (SSSR count). The first-order valence-electron chi connectivity index (χ1n) is 7.35. The minimum atomic E-state index is -1.05. The Labute approximate surface area is 125 Å². The van der Waals surface area contributed by atoms with Crippen LogP contribution in [0.5, 0.6) is 0 Å². The summed E-state index contributed by atoms with van der Waals surface area (Å²) in [4.78, 5) is 34.6. The first-order valence-corrected chi connectivity index (χ1v) is 7.35. The summed E-state index contributed by atoms with van der Waals surface area (Å²) < 4.78 is 0. The maximum Gasteiger partial charge on any atom is 0.326 e. The number of carbonyl (C=O) groups is 3. The quantitative estimate of drug-likeness (QED) is 0.612. The molecule has 0 aromatic rings. The summed E-state index contributed by atoms with van der Waals surface area (Å²) in [7, 11) is 0. The van der Waals surface area contributed by atoms with E-state index in [0.29, 0.717) is 12.8 Å². The Bertz CT molecular complexity index is 418. The summed E-state index contributed by atoms with van der Waals surface area (Å²) in [5.41, 5.74) is 0. The first-order chi connectivity index (χ1) is 9.90. The van der Waals surface area contributed by atoms with E-state index >= 15 is 0 Å². The fourth-order valence-electron chi connectivity index (χ4n) is 2.28. The molecular formula is C15H24N2O4. The highest BCUT2D eigenvalue weighted by Gasteiger charge is 2.22. The number of amides is 2. The summed E-state index contributed by atoms with van der Waals surface area (Å²) in [5.74, 6) is -1.60. The molecule has 2 amide bonds. The van der Waals surface area contributed by atoms with Crippen molar-refractivity contribution in [1.82, 2.24) is 10.6 Å². The van der Waals surface area contributed by atoms with E-state index in [0.717, 1.165) is 12.8 Å². The van der Waals surface area contributed by atoms with E-state index in [1.165, 1.54) is 0 Å². The van der Waals surface area contributed by atoms with Crippen molar-refractivity contribution in [1.29, 1.82) is 0 Å². The lowest BCUT2D eigenvalue weighted by Gasteiger charge is -2.19. The number of carboxylic acids is 1. The fourth-order valence-corrected chi connectivity index (χ4v) is 2.28. The number of rotatable bonds is 7. The van der Waals surface area contributed by atoms with E-state index in [2.05, 4.69) is 10.6 Å². The molecule has 118 valence electrons. The molecule has 1 aliphatic rings. The molecule has 6 heteroatoms. The zero-order valence-electron chi connectivity index (χ0n) is 12.6. The van der Waals surface area contributed by atoms with Crippen LogP contribution in [0.25, 0.3) is 0 Å². The molecule has 21 heavy (non-hydrogen) atoms. The average molecular weight is 296 g/mol. The zero-order chi connectivity index (χ0) is 15.8. The molecule has 0 aromatic carbocycles. The van der Waals surface area contributed by atoms with Gasteiger partial charge in [-0.1, -0.05) is 26.0 Å². The van der Waals surface area contributed by atoms with Gasteiger partial charge in [0.1, 0.15) is 6.04 Å². The van der Waals surface area contributed by atoms with Gasteiger partial charge in [-0.3, -0.25) is 9.59 Å². The molecule has 0 fully saturated rings. The summed E-state index contributed by atoms with van der Waals surface area (Å²) in [6, 6.07) is -0.910. The topological polar surface area (TPSA) is 95.5 Å². The summed E-state index contributed by atoms with van der Waals surface area (Å²) in [6.07, 6.45) is 6.73. The van der Waals surface area contributed by atoms with Gasteiger partial charge in [0.2, 0.25) is 11.8 Å². The molecule has 0 aliphatic heterocycles. The maximum absolute atomic E-state index is 11.9. The predicted octanol–water partition coefficient (Wildman–Crippen LogP) is 1.07. The van der Waals surface area contributed by atoms with Gasteiger partial charge in [0.15, 0.2) is 0 Å². The van der Waals surface area contributed by atoms with Gasteiger partial charge >= 0.3 is 5.97 Å². The van der Waals surface area contributed by atoms with Crippen molar-refractivity contribution in [2.75, 3.05) is 6.54 Å². The molecule has 0 spiro atoms. The summed E-state index contributed by atoms with van der Waals surface area (Å²) in [5, 5.41) is 14.1. The number of hydrogen-bond acceptors (Lipinski definition) is 3. The van der Waals surface area contributed by atoms with Gasteiger partial charge in [0, 0.05) is 5.92 Å². The van der Waals surface area contributed by atoms with E-state index in [4.69, 9.17) is 5.11 Å². The molecule has 1 unspecified atom stereocenters. The van der Waals surface area contributed by atoms with Crippen LogP contribution in [0.4, 0.5) is 0 Å². The largest absolute Gasteiger partial charge is 0.480 e. The second-order valence-electron chi connectivity index (χ2n) is 5.79. The van der Waals surface area contributed by atoms with Crippen molar-refractivity contribution in [3.8, 4) is 0 Å². The molecule has 6 nitrogen and oxygen atoms in total. The van der Waals surface area contributed by atoms with Crippen molar-refractivity contribution in [3.63, 3.8) is 0 Å². The third-order valence-electron chi connectivity index (χ3n) is 3.40. The number of carbonyl (C=O) groups excluding carboxylic acids is 2. The summed E-state index contributed by atoms with van der Waals surface area (Å²) in [6.45, 7) is 3.60. The monoisotopic (exact) mass is 296 g/mol. The normalized spacial score (nSPS) is 19.1. The van der Waals surface area contributed by atoms with E-state index in [-0.39, 0.29) is 24.3 Å². The fraction of sp³-hybridized carbons (Fsp3) is 0.667. The maximum atomic E-state index is 11.9. The molecule has 0 saturated heterocycles. The number of carboxylic acid groups (broad SMARTS) is 1. The Hall–Kier alpha value is -1.85. The highest BCUT2D eigenvalue weighted by atomic mass is 16.4. The van der Waals surface area contributed by atoms with Crippen LogP contribution in [-0.2, 0) is 14.4 Å². The third-order valence-corrected chi connectivity index (χ3v) is 3.40. The van der Waals surface area contributed by atoms with Crippen LogP contribution < -0.4 is 10.6 Å². The second kappa shape index (κ2) is 8.44. The van der Waals surface area contributed by atoms with Crippen molar-refractivity contribution in [3.05, 3.63) is 12.2 Å². The molecule has 0 aromatic heterocycles. The second-order valence-corrected chi connectivity index (χ2v) is 5.79. The van der Waals surface area contributed by atoms with Crippen molar-refractivity contribution < 1.29 is 19.5 Å². The van der Waals surface area contributed by atoms with Gasteiger partial charge in [0.25, 0.3) is 0 Å². The Balaban J connectivity index is 2.36. The van der Waals surface area contributed by atoms with Crippen LogP contribution in [0, 0.1) is 11.8 Å². The van der Waals surface area contributed by atoms with Crippen LogP contribution in [0.1, 0.15) is 39.5 Å². The molecule has 3 N–H and O–H groups in total. The van der Waals surface area contributed by atoms with Gasteiger partial charge in [-0.25, -0.2) is 4.79 Å². The van der Waals surface area contributed by atoms with Crippen LogP contribution in [-0.4, -0.2) is 35.5 Å².